The number of rotatable bonds is 5. The lowest BCUT2D eigenvalue weighted by molar-refractivity contribution is 0.0528. The second-order valence-electron chi connectivity index (χ2n) is 5.51. The van der Waals surface area contributed by atoms with Gasteiger partial charge in [-0.1, -0.05) is 11.6 Å². The first-order chi connectivity index (χ1) is 9.70. The number of aromatic nitrogens is 2. The molecule has 0 spiro atoms. The van der Waals surface area contributed by atoms with Crippen LogP contribution in [0.1, 0.15) is 27.2 Å². The predicted octanol–water partition coefficient (Wildman–Crippen LogP) is 1.76. The van der Waals surface area contributed by atoms with Crippen LogP contribution in [0.15, 0.2) is 11.0 Å². The summed E-state index contributed by atoms with van der Waals surface area (Å²) in [5.74, 6) is 0. The van der Waals surface area contributed by atoms with E-state index in [9.17, 15) is 9.59 Å². The van der Waals surface area contributed by atoms with E-state index in [1.807, 2.05) is 0 Å². The number of nitrogens with one attached hydrogen (secondary N) is 2. The molecule has 7 nitrogen and oxygen atoms in total. The number of alkyl carbamates (subject to hydrolysis) is 1. The summed E-state index contributed by atoms with van der Waals surface area (Å²) in [5, 5.41) is 9.63. The van der Waals surface area contributed by atoms with Crippen molar-refractivity contribution in [2.75, 3.05) is 18.4 Å². The quantitative estimate of drug-likeness (QED) is 0.809. The van der Waals surface area contributed by atoms with E-state index in [1.54, 1.807) is 20.8 Å². The van der Waals surface area contributed by atoms with Gasteiger partial charge in [-0.2, -0.15) is 5.10 Å². The molecule has 0 aliphatic heterocycles. The van der Waals surface area contributed by atoms with Crippen molar-refractivity contribution in [1.82, 2.24) is 15.1 Å². The molecule has 1 amide bonds. The molecule has 0 aliphatic rings. The van der Waals surface area contributed by atoms with Crippen molar-refractivity contribution in [3.8, 4) is 0 Å². The molecular formula is C13H21ClN4O3. The second-order valence-corrected chi connectivity index (χ2v) is 5.89. The minimum absolute atomic E-state index is 0.104. The van der Waals surface area contributed by atoms with Crippen LogP contribution < -0.4 is 16.2 Å². The number of halogens is 1. The zero-order valence-electron chi connectivity index (χ0n) is 12.7. The lowest BCUT2D eigenvalue weighted by Crippen LogP contribution is -2.33. The van der Waals surface area contributed by atoms with E-state index in [-0.39, 0.29) is 10.6 Å². The van der Waals surface area contributed by atoms with E-state index in [2.05, 4.69) is 15.7 Å². The Bertz CT molecular complexity index is 551. The number of hydrogen-bond acceptors (Lipinski definition) is 5. The van der Waals surface area contributed by atoms with Crippen LogP contribution in [-0.4, -0.2) is 34.6 Å². The largest absolute Gasteiger partial charge is 0.444 e. The van der Waals surface area contributed by atoms with Crippen LogP contribution in [0.5, 0.6) is 0 Å². The number of nitrogens with zero attached hydrogens (tertiary/aromatic N) is 2. The molecule has 1 aromatic rings. The molecule has 0 aromatic carbocycles. The molecule has 1 rings (SSSR count). The average molecular weight is 317 g/mol. The zero-order chi connectivity index (χ0) is 16.0. The first-order valence-corrected chi connectivity index (χ1v) is 7.01. The van der Waals surface area contributed by atoms with Crippen LogP contribution in [0.3, 0.4) is 0 Å². The van der Waals surface area contributed by atoms with Gasteiger partial charge >= 0.3 is 6.09 Å². The molecule has 1 heterocycles. The summed E-state index contributed by atoms with van der Waals surface area (Å²) in [5.41, 5.74) is -0.378. The Balaban J connectivity index is 2.31. The fourth-order valence-electron chi connectivity index (χ4n) is 1.45. The number of anilines is 1. The Hall–Kier alpha value is -1.76. The molecule has 2 N–H and O–H groups in total. The van der Waals surface area contributed by atoms with Crippen LogP contribution in [-0.2, 0) is 11.8 Å². The number of hydrogen-bond donors (Lipinski definition) is 2. The number of carbonyl (C=O) groups excluding carboxylic acids is 1. The number of amides is 1. The summed E-state index contributed by atoms with van der Waals surface area (Å²) in [6.45, 7) is 6.42. The van der Waals surface area contributed by atoms with Gasteiger partial charge in [0, 0.05) is 20.1 Å². The Morgan fingerprint density at radius 1 is 1.43 bits per heavy atom. The van der Waals surface area contributed by atoms with E-state index < -0.39 is 11.7 Å². The highest BCUT2D eigenvalue weighted by Gasteiger charge is 2.15. The molecular weight excluding hydrogens is 296 g/mol. The number of ether oxygens (including phenoxy) is 1. The summed E-state index contributed by atoms with van der Waals surface area (Å²) in [7, 11) is 1.53. The van der Waals surface area contributed by atoms with E-state index in [4.69, 9.17) is 16.3 Å². The summed E-state index contributed by atoms with van der Waals surface area (Å²) < 4.78 is 6.27. The van der Waals surface area contributed by atoms with Crippen molar-refractivity contribution in [2.45, 2.75) is 32.8 Å². The normalized spacial score (nSPS) is 11.1. The van der Waals surface area contributed by atoms with Gasteiger partial charge in [0.15, 0.2) is 0 Å². The molecule has 0 saturated heterocycles. The Morgan fingerprint density at radius 3 is 2.71 bits per heavy atom. The Kier molecular flexibility index (Phi) is 6.02. The minimum atomic E-state index is -0.508. The summed E-state index contributed by atoms with van der Waals surface area (Å²) in [6, 6.07) is 0. The van der Waals surface area contributed by atoms with Gasteiger partial charge in [-0.15, -0.1) is 0 Å². The molecule has 0 atom stereocenters. The van der Waals surface area contributed by atoms with Crippen LogP contribution in [0.4, 0.5) is 10.5 Å². The average Bonchev–Trinajstić information content (AvgIpc) is 2.36. The molecule has 21 heavy (non-hydrogen) atoms. The number of carbonyl (C=O) groups is 1. The Morgan fingerprint density at radius 2 is 2.10 bits per heavy atom. The van der Waals surface area contributed by atoms with Crippen LogP contribution >= 0.6 is 11.6 Å². The lowest BCUT2D eigenvalue weighted by Gasteiger charge is -2.19. The second kappa shape index (κ2) is 7.31. The van der Waals surface area contributed by atoms with E-state index >= 15 is 0 Å². The molecule has 118 valence electrons. The Labute approximate surface area is 128 Å². The van der Waals surface area contributed by atoms with Gasteiger partial charge in [0.25, 0.3) is 5.56 Å². The molecule has 1 aromatic heterocycles. The summed E-state index contributed by atoms with van der Waals surface area (Å²) in [6.07, 6.45) is 1.70. The van der Waals surface area contributed by atoms with Gasteiger partial charge < -0.3 is 15.4 Å². The minimum Gasteiger partial charge on any atom is -0.444 e. The molecule has 0 unspecified atom stereocenters. The van der Waals surface area contributed by atoms with Crippen LogP contribution in [0.25, 0.3) is 0 Å². The highest BCUT2D eigenvalue weighted by atomic mass is 35.5. The molecule has 0 radical (unpaired) electrons. The molecule has 0 saturated carbocycles. The van der Waals surface area contributed by atoms with E-state index in [1.165, 1.54) is 13.2 Å². The first kappa shape index (κ1) is 17.3. The van der Waals surface area contributed by atoms with E-state index in [0.717, 1.165) is 4.68 Å². The van der Waals surface area contributed by atoms with Crippen molar-refractivity contribution < 1.29 is 9.53 Å². The third kappa shape index (κ3) is 6.03. The highest BCUT2D eigenvalue weighted by molar-refractivity contribution is 6.32. The maximum atomic E-state index is 11.6. The summed E-state index contributed by atoms with van der Waals surface area (Å²) in [4.78, 5) is 23.0. The monoisotopic (exact) mass is 316 g/mol. The highest BCUT2D eigenvalue weighted by Crippen LogP contribution is 2.14. The third-order valence-electron chi connectivity index (χ3n) is 2.42. The van der Waals surface area contributed by atoms with Gasteiger partial charge in [-0.25, -0.2) is 9.48 Å². The van der Waals surface area contributed by atoms with Gasteiger partial charge in [0.05, 0.1) is 11.9 Å². The maximum absolute atomic E-state index is 11.6. The standard InChI is InChI=1S/C13H21ClN4O3/c1-13(2,3)21-12(20)16-7-5-6-15-9-8-17-18(4)11(19)10(9)14/h8,15H,5-7H2,1-4H3,(H,16,20). The topological polar surface area (TPSA) is 85.2 Å². The van der Waals surface area contributed by atoms with Gasteiger partial charge in [0.1, 0.15) is 10.6 Å². The van der Waals surface area contributed by atoms with E-state index in [0.29, 0.717) is 25.2 Å². The third-order valence-corrected chi connectivity index (χ3v) is 2.78. The van der Waals surface area contributed by atoms with Crippen LogP contribution in [0.2, 0.25) is 5.02 Å². The molecule has 8 heteroatoms. The lowest BCUT2D eigenvalue weighted by atomic mass is 10.2. The van der Waals surface area contributed by atoms with Gasteiger partial charge in [-0.05, 0) is 27.2 Å². The SMILES string of the molecule is Cn1ncc(NCCCNC(=O)OC(C)(C)C)c(Cl)c1=O. The van der Waals surface area contributed by atoms with Gasteiger partial charge in [0.2, 0.25) is 0 Å². The first-order valence-electron chi connectivity index (χ1n) is 6.63. The van der Waals surface area contributed by atoms with Crippen molar-refractivity contribution in [3.63, 3.8) is 0 Å². The fourth-order valence-corrected chi connectivity index (χ4v) is 1.69. The smallest absolute Gasteiger partial charge is 0.407 e. The molecule has 0 aliphatic carbocycles. The zero-order valence-corrected chi connectivity index (χ0v) is 13.5. The van der Waals surface area contributed by atoms with Crippen molar-refractivity contribution in [1.29, 1.82) is 0 Å². The van der Waals surface area contributed by atoms with Crippen molar-refractivity contribution in [2.24, 2.45) is 7.05 Å². The van der Waals surface area contributed by atoms with Crippen LogP contribution in [0, 0.1) is 0 Å². The predicted molar refractivity (Wildman–Crippen MR) is 81.8 cm³/mol. The number of aryl methyl sites for hydroxylation is 1. The molecule has 0 fully saturated rings. The maximum Gasteiger partial charge on any atom is 0.407 e. The fraction of sp³-hybridized carbons (Fsp3) is 0.615. The summed E-state index contributed by atoms with van der Waals surface area (Å²) >= 11 is 5.91. The van der Waals surface area contributed by atoms with Crippen molar-refractivity contribution >= 4 is 23.4 Å². The van der Waals surface area contributed by atoms with Crippen molar-refractivity contribution in [3.05, 3.63) is 21.6 Å². The van der Waals surface area contributed by atoms with Gasteiger partial charge in [-0.3, -0.25) is 4.79 Å². The molecule has 0 bridgehead atoms.